The molecule has 21 heavy (non-hydrogen) atoms. The van der Waals surface area contributed by atoms with Crippen molar-refractivity contribution >= 4 is 11.5 Å². The summed E-state index contributed by atoms with van der Waals surface area (Å²) >= 11 is 0. The lowest BCUT2D eigenvalue weighted by Gasteiger charge is -2.17. The van der Waals surface area contributed by atoms with Crippen molar-refractivity contribution in [1.29, 1.82) is 0 Å². The first-order chi connectivity index (χ1) is 10.1. The van der Waals surface area contributed by atoms with Crippen LogP contribution in [-0.2, 0) is 9.53 Å². The second-order valence-electron chi connectivity index (χ2n) is 5.86. The number of methoxy groups -OCH3 is 2. The lowest BCUT2D eigenvalue weighted by Crippen LogP contribution is -2.13. The molecule has 2 aliphatic rings. The van der Waals surface area contributed by atoms with E-state index in [1.165, 1.54) is 12.5 Å². The molecule has 0 amide bonds. The van der Waals surface area contributed by atoms with Gasteiger partial charge in [-0.15, -0.1) is 0 Å². The molecule has 0 heterocycles. The molecule has 3 rings (SSSR count). The van der Waals surface area contributed by atoms with Gasteiger partial charge in [-0.3, -0.25) is 4.79 Å². The molecule has 0 saturated heterocycles. The lowest BCUT2D eigenvalue weighted by molar-refractivity contribution is -0.142. The molecule has 1 aromatic rings. The standard InChI is InChI=1S/C17H20O4/c1-11(18)21-10-17-8-12(7-13(17)9-17)14-5-4-6-15(19-2)16(14)20-3/h4-7,13H,8-10H2,1-3H3/t13-,17+/m0/s1. The summed E-state index contributed by atoms with van der Waals surface area (Å²) in [6, 6.07) is 5.92. The summed E-state index contributed by atoms with van der Waals surface area (Å²) in [5.41, 5.74) is 2.45. The quantitative estimate of drug-likeness (QED) is 0.781. The van der Waals surface area contributed by atoms with Gasteiger partial charge in [0, 0.05) is 17.9 Å². The van der Waals surface area contributed by atoms with E-state index < -0.39 is 0 Å². The Hall–Kier alpha value is -1.97. The van der Waals surface area contributed by atoms with E-state index in [0.717, 1.165) is 29.9 Å². The number of esters is 1. The number of hydrogen-bond acceptors (Lipinski definition) is 4. The molecule has 1 saturated carbocycles. The van der Waals surface area contributed by atoms with Crippen LogP contribution in [0.2, 0.25) is 0 Å². The van der Waals surface area contributed by atoms with Crippen LogP contribution < -0.4 is 9.47 Å². The van der Waals surface area contributed by atoms with Crippen LogP contribution >= 0.6 is 0 Å². The van der Waals surface area contributed by atoms with Crippen LogP contribution in [0.5, 0.6) is 11.5 Å². The number of ether oxygens (including phenoxy) is 3. The van der Waals surface area contributed by atoms with Crippen LogP contribution in [0.1, 0.15) is 25.3 Å². The minimum atomic E-state index is -0.206. The van der Waals surface area contributed by atoms with Crippen molar-refractivity contribution in [3.63, 3.8) is 0 Å². The number of hydrogen-bond donors (Lipinski definition) is 0. The van der Waals surface area contributed by atoms with Gasteiger partial charge in [-0.05, 0) is 30.4 Å². The molecule has 0 bridgehead atoms. The van der Waals surface area contributed by atoms with Gasteiger partial charge in [0.25, 0.3) is 0 Å². The molecule has 0 radical (unpaired) electrons. The van der Waals surface area contributed by atoms with E-state index >= 15 is 0 Å². The summed E-state index contributed by atoms with van der Waals surface area (Å²) in [7, 11) is 3.30. The third-order valence-corrected chi connectivity index (χ3v) is 4.51. The third kappa shape index (κ3) is 2.39. The fraction of sp³-hybridized carbons (Fsp3) is 0.471. The minimum Gasteiger partial charge on any atom is -0.493 e. The van der Waals surface area contributed by atoms with Gasteiger partial charge < -0.3 is 14.2 Å². The predicted octanol–water partition coefficient (Wildman–Crippen LogP) is 3.06. The first-order valence-electron chi connectivity index (χ1n) is 7.15. The number of fused-ring (bicyclic) bond motifs is 1. The average molecular weight is 288 g/mol. The first-order valence-corrected chi connectivity index (χ1v) is 7.15. The number of para-hydroxylation sites is 1. The number of benzene rings is 1. The average Bonchev–Trinajstić information content (AvgIpc) is 3.05. The van der Waals surface area contributed by atoms with Gasteiger partial charge in [0.2, 0.25) is 0 Å². The van der Waals surface area contributed by atoms with E-state index in [9.17, 15) is 4.79 Å². The molecule has 0 unspecified atom stereocenters. The SMILES string of the molecule is COc1cccc(C2=C[C@H]3C[C@@]3(COC(C)=O)C2)c1OC. The van der Waals surface area contributed by atoms with Gasteiger partial charge in [0.1, 0.15) is 0 Å². The Kier molecular flexibility index (Phi) is 3.40. The summed E-state index contributed by atoms with van der Waals surface area (Å²) < 4.78 is 16.1. The molecule has 112 valence electrons. The van der Waals surface area contributed by atoms with E-state index in [2.05, 4.69) is 12.1 Å². The summed E-state index contributed by atoms with van der Waals surface area (Å²) in [6.07, 6.45) is 4.32. The van der Waals surface area contributed by atoms with Crippen LogP contribution in [0.4, 0.5) is 0 Å². The molecular weight excluding hydrogens is 268 g/mol. The van der Waals surface area contributed by atoms with Crippen molar-refractivity contribution in [2.24, 2.45) is 11.3 Å². The monoisotopic (exact) mass is 288 g/mol. The highest BCUT2D eigenvalue weighted by molar-refractivity contribution is 5.77. The molecule has 0 aromatic heterocycles. The zero-order valence-electron chi connectivity index (χ0n) is 12.6. The molecule has 2 atom stereocenters. The lowest BCUT2D eigenvalue weighted by atomic mass is 9.96. The van der Waals surface area contributed by atoms with Crippen LogP contribution in [0, 0.1) is 11.3 Å². The Labute approximate surface area is 124 Å². The fourth-order valence-electron chi connectivity index (χ4n) is 3.29. The maximum absolute atomic E-state index is 11.0. The van der Waals surface area contributed by atoms with Crippen molar-refractivity contribution in [2.75, 3.05) is 20.8 Å². The van der Waals surface area contributed by atoms with Crippen LogP contribution in [0.15, 0.2) is 24.3 Å². The van der Waals surface area contributed by atoms with Crippen molar-refractivity contribution < 1.29 is 19.0 Å². The Morgan fingerprint density at radius 1 is 1.33 bits per heavy atom. The van der Waals surface area contributed by atoms with E-state index in [4.69, 9.17) is 14.2 Å². The number of carbonyl (C=O) groups excluding carboxylic acids is 1. The summed E-state index contributed by atoms with van der Waals surface area (Å²) in [5, 5.41) is 0. The summed E-state index contributed by atoms with van der Waals surface area (Å²) in [6.45, 7) is 1.97. The minimum absolute atomic E-state index is 0.120. The molecule has 0 spiro atoms. The smallest absolute Gasteiger partial charge is 0.302 e. The molecule has 1 fully saturated rings. The number of carbonyl (C=O) groups is 1. The van der Waals surface area contributed by atoms with Crippen molar-refractivity contribution in [3.8, 4) is 11.5 Å². The normalized spacial score (nSPS) is 25.9. The van der Waals surface area contributed by atoms with Gasteiger partial charge in [0.05, 0.1) is 20.8 Å². The maximum atomic E-state index is 11.0. The van der Waals surface area contributed by atoms with Crippen molar-refractivity contribution in [3.05, 3.63) is 29.8 Å². The highest BCUT2D eigenvalue weighted by atomic mass is 16.5. The van der Waals surface area contributed by atoms with Gasteiger partial charge in [-0.1, -0.05) is 18.2 Å². The van der Waals surface area contributed by atoms with E-state index in [0.29, 0.717) is 12.5 Å². The second-order valence-corrected chi connectivity index (χ2v) is 5.86. The van der Waals surface area contributed by atoms with Crippen LogP contribution in [0.3, 0.4) is 0 Å². The maximum Gasteiger partial charge on any atom is 0.302 e. The number of allylic oxidation sites excluding steroid dienone is 2. The van der Waals surface area contributed by atoms with Gasteiger partial charge in [0.15, 0.2) is 11.5 Å². The van der Waals surface area contributed by atoms with E-state index in [-0.39, 0.29) is 11.4 Å². The van der Waals surface area contributed by atoms with E-state index in [1.54, 1.807) is 14.2 Å². The van der Waals surface area contributed by atoms with Crippen LogP contribution in [0.25, 0.3) is 5.57 Å². The summed E-state index contributed by atoms with van der Waals surface area (Å²) in [4.78, 5) is 11.0. The fourth-order valence-corrected chi connectivity index (χ4v) is 3.29. The molecule has 1 aromatic carbocycles. The van der Waals surface area contributed by atoms with Crippen LogP contribution in [-0.4, -0.2) is 26.8 Å². The van der Waals surface area contributed by atoms with Gasteiger partial charge >= 0.3 is 5.97 Å². The Balaban J connectivity index is 1.82. The largest absolute Gasteiger partial charge is 0.493 e. The highest BCUT2D eigenvalue weighted by Gasteiger charge is 2.57. The molecule has 0 aliphatic heterocycles. The molecule has 2 aliphatic carbocycles. The first kappa shape index (κ1) is 14.0. The van der Waals surface area contributed by atoms with Gasteiger partial charge in [-0.25, -0.2) is 0 Å². The van der Waals surface area contributed by atoms with Crippen molar-refractivity contribution in [1.82, 2.24) is 0 Å². The Morgan fingerprint density at radius 3 is 2.81 bits per heavy atom. The third-order valence-electron chi connectivity index (χ3n) is 4.51. The number of rotatable bonds is 5. The topological polar surface area (TPSA) is 44.8 Å². The molecule has 4 nitrogen and oxygen atoms in total. The van der Waals surface area contributed by atoms with E-state index in [1.807, 2.05) is 12.1 Å². The highest BCUT2D eigenvalue weighted by Crippen LogP contribution is 2.64. The second kappa shape index (κ2) is 5.10. The predicted molar refractivity (Wildman–Crippen MR) is 79.3 cm³/mol. The van der Waals surface area contributed by atoms with Gasteiger partial charge in [-0.2, -0.15) is 0 Å². The summed E-state index contributed by atoms with van der Waals surface area (Å²) in [5.74, 6) is 1.82. The Bertz CT molecular complexity index is 605. The van der Waals surface area contributed by atoms with Crippen molar-refractivity contribution in [2.45, 2.75) is 19.8 Å². The molecule has 4 heteroatoms. The molecular formula is C17H20O4. The zero-order chi connectivity index (χ0) is 15.0. The zero-order valence-corrected chi connectivity index (χ0v) is 12.6. The Morgan fingerprint density at radius 2 is 2.14 bits per heavy atom. The molecule has 0 N–H and O–H groups in total.